The van der Waals surface area contributed by atoms with E-state index in [-0.39, 0.29) is 6.10 Å². The molecule has 1 aromatic rings. The summed E-state index contributed by atoms with van der Waals surface area (Å²) in [6.45, 7) is 3.16. The molecule has 2 N–H and O–H groups in total. The second-order valence-electron chi connectivity index (χ2n) is 2.69. The number of rotatable bonds is 4. The van der Waals surface area contributed by atoms with E-state index >= 15 is 0 Å². The molecule has 1 aromatic heterocycles. The van der Waals surface area contributed by atoms with Gasteiger partial charge < -0.3 is 10.4 Å². The summed E-state index contributed by atoms with van der Waals surface area (Å²) in [5.41, 5.74) is 0. The van der Waals surface area contributed by atoms with E-state index in [0.29, 0.717) is 6.54 Å². The largest absolute Gasteiger partial charge is 0.392 e. The third-order valence-electron chi connectivity index (χ3n) is 1.37. The molecular formula is C8H12ClNOS. The molecule has 0 fully saturated rings. The van der Waals surface area contributed by atoms with Crippen LogP contribution in [0.25, 0.3) is 0 Å². The van der Waals surface area contributed by atoms with Gasteiger partial charge in [-0.1, -0.05) is 11.6 Å². The first-order chi connectivity index (χ1) is 5.68. The van der Waals surface area contributed by atoms with Gasteiger partial charge in [0.05, 0.1) is 10.4 Å². The number of nitrogens with one attached hydrogen (secondary N) is 1. The monoisotopic (exact) mass is 205 g/mol. The van der Waals surface area contributed by atoms with E-state index in [0.717, 1.165) is 10.9 Å². The van der Waals surface area contributed by atoms with E-state index in [1.807, 2.05) is 12.1 Å². The Kier molecular flexibility index (Phi) is 4.01. The Morgan fingerprint density at radius 2 is 2.42 bits per heavy atom. The van der Waals surface area contributed by atoms with Crippen LogP contribution in [0.4, 0.5) is 0 Å². The van der Waals surface area contributed by atoms with Crippen molar-refractivity contribution < 1.29 is 5.11 Å². The Balaban J connectivity index is 2.24. The van der Waals surface area contributed by atoms with Gasteiger partial charge in [0.15, 0.2) is 0 Å². The second-order valence-corrected chi connectivity index (χ2v) is 4.49. The van der Waals surface area contributed by atoms with Crippen LogP contribution in [0.5, 0.6) is 0 Å². The van der Waals surface area contributed by atoms with Gasteiger partial charge >= 0.3 is 0 Å². The molecule has 0 spiro atoms. The van der Waals surface area contributed by atoms with E-state index in [9.17, 15) is 0 Å². The average Bonchev–Trinajstić information content (AvgIpc) is 2.35. The van der Waals surface area contributed by atoms with Crippen molar-refractivity contribution in [3.8, 4) is 0 Å². The molecule has 4 heteroatoms. The molecule has 0 aromatic carbocycles. The zero-order valence-corrected chi connectivity index (χ0v) is 8.45. The number of aliphatic hydroxyl groups excluding tert-OH is 1. The topological polar surface area (TPSA) is 32.3 Å². The zero-order chi connectivity index (χ0) is 8.97. The predicted molar refractivity (Wildman–Crippen MR) is 52.7 cm³/mol. The van der Waals surface area contributed by atoms with Gasteiger partial charge in [-0.05, 0) is 19.1 Å². The molecule has 1 rings (SSSR count). The molecule has 0 aliphatic rings. The fourth-order valence-electron chi connectivity index (χ4n) is 0.851. The maximum Gasteiger partial charge on any atom is 0.0931 e. The third-order valence-corrected chi connectivity index (χ3v) is 2.60. The van der Waals surface area contributed by atoms with E-state index in [4.69, 9.17) is 16.7 Å². The number of aliphatic hydroxyl groups is 1. The van der Waals surface area contributed by atoms with Gasteiger partial charge in [0.1, 0.15) is 0 Å². The van der Waals surface area contributed by atoms with Crippen molar-refractivity contribution in [3.63, 3.8) is 0 Å². The van der Waals surface area contributed by atoms with Crippen molar-refractivity contribution in [1.29, 1.82) is 0 Å². The maximum absolute atomic E-state index is 8.95. The van der Waals surface area contributed by atoms with Gasteiger partial charge in [-0.25, -0.2) is 0 Å². The minimum atomic E-state index is -0.291. The Morgan fingerprint density at radius 3 is 2.92 bits per heavy atom. The van der Waals surface area contributed by atoms with Gasteiger partial charge in [-0.2, -0.15) is 0 Å². The summed E-state index contributed by atoms with van der Waals surface area (Å²) >= 11 is 7.30. The van der Waals surface area contributed by atoms with Crippen molar-refractivity contribution in [2.45, 2.75) is 19.6 Å². The van der Waals surface area contributed by atoms with E-state index in [1.54, 1.807) is 18.3 Å². The summed E-state index contributed by atoms with van der Waals surface area (Å²) in [4.78, 5) is 1.20. The van der Waals surface area contributed by atoms with E-state index < -0.39 is 0 Å². The van der Waals surface area contributed by atoms with Crippen LogP contribution in [0.3, 0.4) is 0 Å². The lowest BCUT2D eigenvalue weighted by Gasteiger charge is -2.04. The van der Waals surface area contributed by atoms with Crippen molar-refractivity contribution in [3.05, 3.63) is 21.3 Å². The van der Waals surface area contributed by atoms with Crippen molar-refractivity contribution in [2.75, 3.05) is 6.54 Å². The number of thiophene rings is 1. The quantitative estimate of drug-likeness (QED) is 0.787. The van der Waals surface area contributed by atoms with E-state index in [1.165, 1.54) is 4.88 Å². The number of hydrogen-bond acceptors (Lipinski definition) is 3. The summed E-state index contributed by atoms with van der Waals surface area (Å²) in [5.74, 6) is 0. The summed E-state index contributed by atoms with van der Waals surface area (Å²) in [6.07, 6.45) is -0.291. The normalized spacial score (nSPS) is 13.2. The zero-order valence-electron chi connectivity index (χ0n) is 6.88. The maximum atomic E-state index is 8.95. The molecule has 68 valence electrons. The Morgan fingerprint density at radius 1 is 1.67 bits per heavy atom. The summed E-state index contributed by atoms with van der Waals surface area (Å²) in [6, 6.07) is 3.87. The van der Waals surface area contributed by atoms with Crippen LogP contribution >= 0.6 is 22.9 Å². The Labute approximate surface area is 81.2 Å². The molecular weight excluding hydrogens is 194 g/mol. The summed E-state index contributed by atoms with van der Waals surface area (Å²) in [7, 11) is 0. The minimum absolute atomic E-state index is 0.291. The first kappa shape index (κ1) is 9.99. The second kappa shape index (κ2) is 4.82. The van der Waals surface area contributed by atoms with Crippen LogP contribution in [-0.4, -0.2) is 17.8 Å². The lowest BCUT2D eigenvalue weighted by atomic mass is 10.4. The third kappa shape index (κ3) is 3.54. The molecule has 2 nitrogen and oxygen atoms in total. The van der Waals surface area contributed by atoms with Crippen LogP contribution in [0.15, 0.2) is 12.1 Å². The van der Waals surface area contributed by atoms with Crippen molar-refractivity contribution in [2.24, 2.45) is 0 Å². The average molecular weight is 206 g/mol. The van der Waals surface area contributed by atoms with Crippen molar-refractivity contribution >= 4 is 22.9 Å². The molecule has 0 aliphatic heterocycles. The molecule has 1 heterocycles. The molecule has 1 atom stereocenters. The highest BCUT2D eigenvalue weighted by Crippen LogP contribution is 2.20. The summed E-state index contributed by atoms with van der Waals surface area (Å²) < 4.78 is 0.809. The fourth-order valence-corrected chi connectivity index (χ4v) is 1.91. The molecule has 1 unspecified atom stereocenters. The highest BCUT2D eigenvalue weighted by Gasteiger charge is 1.98. The molecule has 0 saturated carbocycles. The van der Waals surface area contributed by atoms with Gasteiger partial charge in [-0.3, -0.25) is 0 Å². The van der Waals surface area contributed by atoms with Crippen LogP contribution in [-0.2, 0) is 6.54 Å². The predicted octanol–water partition coefficient (Wildman–Crippen LogP) is 1.87. The Hall–Kier alpha value is -0.0900. The highest BCUT2D eigenvalue weighted by molar-refractivity contribution is 7.16. The molecule has 0 saturated heterocycles. The molecule has 0 radical (unpaired) electrons. The molecule has 0 amide bonds. The van der Waals surface area contributed by atoms with Gasteiger partial charge in [-0.15, -0.1) is 11.3 Å². The Bertz CT molecular complexity index is 237. The standard InChI is InChI=1S/C8H12ClNOS/c1-6(11)4-10-5-7-2-3-8(9)12-7/h2-3,6,10-11H,4-5H2,1H3. The number of halogens is 1. The first-order valence-corrected chi connectivity index (χ1v) is 5.01. The molecule has 12 heavy (non-hydrogen) atoms. The van der Waals surface area contributed by atoms with E-state index in [2.05, 4.69) is 5.32 Å². The molecule has 0 bridgehead atoms. The fraction of sp³-hybridized carbons (Fsp3) is 0.500. The smallest absolute Gasteiger partial charge is 0.0931 e. The van der Waals surface area contributed by atoms with Crippen LogP contribution in [0.2, 0.25) is 4.34 Å². The SMILES string of the molecule is CC(O)CNCc1ccc(Cl)s1. The van der Waals surface area contributed by atoms with Gasteiger partial charge in [0, 0.05) is 18.0 Å². The van der Waals surface area contributed by atoms with Crippen LogP contribution < -0.4 is 5.32 Å². The summed E-state index contributed by atoms with van der Waals surface area (Å²) in [5, 5.41) is 12.1. The lowest BCUT2D eigenvalue weighted by molar-refractivity contribution is 0.191. The van der Waals surface area contributed by atoms with Gasteiger partial charge in [0.25, 0.3) is 0 Å². The minimum Gasteiger partial charge on any atom is -0.392 e. The first-order valence-electron chi connectivity index (χ1n) is 3.81. The highest BCUT2D eigenvalue weighted by atomic mass is 35.5. The number of hydrogen-bond donors (Lipinski definition) is 2. The van der Waals surface area contributed by atoms with Crippen LogP contribution in [0, 0.1) is 0 Å². The lowest BCUT2D eigenvalue weighted by Crippen LogP contribution is -2.23. The van der Waals surface area contributed by atoms with Crippen molar-refractivity contribution in [1.82, 2.24) is 5.32 Å². The van der Waals surface area contributed by atoms with Crippen LogP contribution in [0.1, 0.15) is 11.8 Å². The van der Waals surface area contributed by atoms with Gasteiger partial charge in [0.2, 0.25) is 0 Å². The molecule has 0 aliphatic carbocycles.